The summed E-state index contributed by atoms with van der Waals surface area (Å²) in [5.41, 5.74) is 4.11. The number of amides is 2. The van der Waals surface area contributed by atoms with Crippen LogP contribution in [0.1, 0.15) is 24.3 Å². The maximum atomic E-state index is 14.1. The number of carbonyl (C=O) groups is 4. The Kier molecular flexibility index (Phi) is 6.82. The molecule has 7 nitrogen and oxygen atoms in total. The molecule has 214 valence electrons. The van der Waals surface area contributed by atoms with E-state index in [0.29, 0.717) is 33.3 Å². The van der Waals surface area contributed by atoms with E-state index in [-0.39, 0.29) is 40.0 Å². The van der Waals surface area contributed by atoms with Gasteiger partial charge in [0.25, 0.3) is 0 Å². The van der Waals surface area contributed by atoms with Gasteiger partial charge in [0.1, 0.15) is 5.75 Å². The van der Waals surface area contributed by atoms with Gasteiger partial charge in [0.15, 0.2) is 11.6 Å². The quantitative estimate of drug-likeness (QED) is 0.175. The number of phenols is 1. The third kappa shape index (κ3) is 4.53. The predicted octanol–water partition coefficient (Wildman–Crippen LogP) is 6.86. The summed E-state index contributed by atoms with van der Waals surface area (Å²) in [4.78, 5) is 56.0. The Hall–Kier alpha value is -4.08. The third-order valence-electron chi connectivity index (χ3n) is 8.82. The van der Waals surface area contributed by atoms with E-state index in [2.05, 4.69) is 37.2 Å². The maximum Gasteiger partial charge on any atom is 0.238 e. The average molecular weight is 700 g/mol. The number of halogens is 2. The molecule has 3 aromatic rings. The zero-order chi connectivity index (χ0) is 30.0. The van der Waals surface area contributed by atoms with E-state index >= 15 is 0 Å². The van der Waals surface area contributed by atoms with E-state index in [0.717, 1.165) is 16.9 Å². The lowest BCUT2D eigenvalue weighted by molar-refractivity contribution is -0.123. The molecule has 0 unspecified atom stereocenters. The number of carbonyl (C=O) groups excluding carboxylic acids is 4. The third-order valence-corrected chi connectivity index (χ3v) is 9.90. The van der Waals surface area contributed by atoms with Crippen molar-refractivity contribution in [2.45, 2.75) is 18.8 Å². The topological polar surface area (TPSA) is 104 Å². The van der Waals surface area contributed by atoms with Crippen molar-refractivity contribution in [2.24, 2.45) is 17.8 Å². The van der Waals surface area contributed by atoms with Gasteiger partial charge in [-0.1, -0.05) is 45.8 Å². The lowest BCUT2D eigenvalue weighted by Gasteiger charge is -2.42. The van der Waals surface area contributed by atoms with Gasteiger partial charge in [0.05, 0.1) is 22.0 Å². The normalized spacial score (nSPS) is 24.7. The maximum absolute atomic E-state index is 14.1. The number of phenolic OH excluding ortho intramolecular Hbond substituents is 1. The fourth-order valence-corrected chi connectivity index (χ4v) is 7.78. The summed E-state index contributed by atoms with van der Waals surface area (Å²) in [6.07, 6.45) is 3.69. The molecule has 43 heavy (non-hydrogen) atoms. The Morgan fingerprint density at radius 1 is 0.837 bits per heavy atom. The van der Waals surface area contributed by atoms with E-state index in [1.165, 1.54) is 11.0 Å². The molecular weight excluding hydrogens is 676 g/mol. The highest BCUT2D eigenvalue weighted by molar-refractivity contribution is 9.12. The van der Waals surface area contributed by atoms with E-state index in [4.69, 9.17) is 0 Å². The van der Waals surface area contributed by atoms with Crippen LogP contribution in [0.5, 0.6) is 5.75 Å². The van der Waals surface area contributed by atoms with Gasteiger partial charge < -0.3 is 10.4 Å². The van der Waals surface area contributed by atoms with Crippen molar-refractivity contribution >= 4 is 72.3 Å². The number of rotatable bonds is 4. The number of Topliss-reactive ketones (excluding diaryl/α,β-unsaturated/α-hetero) is 1. The number of anilines is 3. The van der Waals surface area contributed by atoms with Crippen LogP contribution in [0.15, 0.2) is 111 Å². The first-order valence-electron chi connectivity index (χ1n) is 13.9. The highest BCUT2D eigenvalue weighted by atomic mass is 79.9. The molecule has 1 saturated heterocycles. The number of benzene rings is 3. The SMILES string of the molecule is O=C1C=C(Br)C(=O)C2=C1[C@@H](c1cc(Br)ccc1O)C1=CC[C@@H]3C(=O)N(c4ccc(Nc5ccccc5)cc4)C(=O)[C@@H]3[C@@H]1C2. The van der Waals surface area contributed by atoms with Crippen LogP contribution in [-0.2, 0) is 19.2 Å². The van der Waals surface area contributed by atoms with E-state index < -0.39 is 23.7 Å². The molecule has 4 aliphatic rings. The van der Waals surface area contributed by atoms with Gasteiger partial charge in [0, 0.05) is 44.6 Å². The standard InChI is InChI=1S/C34H24Br2N2O5/c35-17-6-13-27(39)24(14-17)29-21-11-12-22-30(23(21)15-25-31(29)28(40)16-26(36)32(25)41)34(43)38(33(22)42)20-9-7-19(8-10-20)37-18-4-2-1-3-5-18/h1-11,13-14,16,22-23,29-30,37,39H,12,15H2/t22-,23+,29+,30-/m0/s1. The number of fused-ring (bicyclic) bond motifs is 3. The summed E-state index contributed by atoms with van der Waals surface area (Å²) >= 11 is 6.71. The molecule has 3 aliphatic carbocycles. The first-order valence-corrected chi connectivity index (χ1v) is 15.5. The van der Waals surface area contributed by atoms with Gasteiger partial charge in [-0.05, 0) is 89.3 Å². The fourth-order valence-electron chi connectivity index (χ4n) is 6.96. The number of allylic oxidation sites excluding steroid dienone is 6. The van der Waals surface area contributed by atoms with E-state index in [1.807, 2.05) is 48.5 Å². The summed E-state index contributed by atoms with van der Waals surface area (Å²) in [5, 5.41) is 14.2. The van der Waals surface area contributed by atoms with Crippen LogP contribution in [0, 0.1) is 17.8 Å². The molecule has 1 fully saturated rings. The molecule has 0 radical (unpaired) electrons. The van der Waals surface area contributed by atoms with E-state index in [1.54, 1.807) is 30.3 Å². The Bertz CT molecular complexity index is 1830. The Morgan fingerprint density at radius 2 is 1.56 bits per heavy atom. The average Bonchev–Trinajstić information content (AvgIpc) is 3.26. The molecule has 4 atom stereocenters. The summed E-state index contributed by atoms with van der Waals surface area (Å²) in [6, 6.07) is 21.8. The van der Waals surface area contributed by atoms with Crippen LogP contribution in [0.3, 0.4) is 0 Å². The number of aromatic hydroxyl groups is 1. The molecule has 0 spiro atoms. The second-order valence-corrected chi connectivity index (χ2v) is 12.9. The van der Waals surface area contributed by atoms with Gasteiger partial charge in [-0.3, -0.25) is 24.1 Å². The fraction of sp³-hybridized carbons (Fsp3) is 0.176. The summed E-state index contributed by atoms with van der Waals surface area (Å²) in [5.74, 6) is -3.74. The lowest BCUT2D eigenvalue weighted by atomic mass is 9.59. The van der Waals surface area contributed by atoms with Gasteiger partial charge in [-0.25, -0.2) is 0 Å². The van der Waals surface area contributed by atoms with Gasteiger partial charge in [-0.15, -0.1) is 0 Å². The minimum Gasteiger partial charge on any atom is -0.508 e. The van der Waals surface area contributed by atoms with Crippen LogP contribution in [0.25, 0.3) is 0 Å². The van der Waals surface area contributed by atoms with Crippen molar-refractivity contribution in [2.75, 3.05) is 10.2 Å². The van der Waals surface area contributed by atoms with Crippen LogP contribution in [0.4, 0.5) is 17.1 Å². The Labute approximate surface area is 264 Å². The van der Waals surface area contributed by atoms with Crippen molar-refractivity contribution in [3.63, 3.8) is 0 Å². The number of nitrogens with one attached hydrogen (secondary N) is 1. The van der Waals surface area contributed by atoms with Gasteiger partial charge >= 0.3 is 0 Å². The second kappa shape index (κ2) is 10.6. The first-order chi connectivity index (χ1) is 20.7. The molecule has 1 heterocycles. The van der Waals surface area contributed by atoms with E-state index in [9.17, 15) is 24.3 Å². The minimum atomic E-state index is -0.721. The number of nitrogens with zero attached hydrogens (tertiary/aromatic N) is 1. The molecule has 3 aromatic carbocycles. The second-order valence-electron chi connectivity index (χ2n) is 11.1. The molecular formula is C34H24Br2N2O5. The van der Waals surface area contributed by atoms with Crippen LogP contribution in [-0.4, -0.2) is 28.5 Å². The largest absolute Gasteiger partial charge is 0.508 e. The Morgan fingerprint density at radius 3 is 2.30 bits per heavy atom. The predicted molar refractivity (Wildman–Crippen MR) is 169 cm³/mol. The number of hydrogen-bond acceptors (Lipinski definition) is 6. The number of para-hydroxylation sites is 1. The molecule has 7 rings (SSSR count). The van der Waals surface area contributed by atoms with Crippen LogP contribution in [0.2, 0.25) is 0 Å². The van der Waals surface area contributed by atoms with Crippen molar-refractivity contribution in [3.05, 3.63) is 116 Å². The molecule has 1 aliphatic heterocycles. The molecule has 9 heteroatoms. The van der Waals surface area contributed by atoms with Crippen molar-refractivity contribution in [1.82, 2.24) is 0 Å². The first kappa shape index (κ1) is 27.7. The smallest absolute Gasteiger partial charge is 0.238 e. The zero-order valence-corrected chi connectivity index (χ0v) is 25.8. The highest BCUT2D eigenvalue weighted by Gasteiger charge is 2.56. The van der Waals surface area contributed by atoms with Gasteiger partial charge in [-0.2, -0.15) is 0 Å². The summed E-state index contributed by atoms with van der Waals surface area (Å²) in [6.45, 7) is 0. The molecule has 2 amide bonds. The summed E-state index contributed by atoms with van der Waals surface area (Å²) in [7, 11) is 0. The minimum absolute atomic E-state index is 0.0164. The highest BCUT2D eigenvalue weighted by Crippen LogP contribution is 2.56. The van der Waals surface area contributed by atoms with Crippen molar-refractivity contribution in [1.29, 1.82) is 0 Å². The number of ketones is 2. The van der Waals surface area contributed by atoms with Crippen molar-refractivity contribution < 1.29 is 24.3 Å². The molecule has 0 aromatic heterocycles. The number of imide groups is 1. The van der Waals surface area contributed by atoms with Crippen molar-refractivity contribution in [3.8, 4) is 5.75 Å². The zero-order valence-electron chi connectivity index (χ0n) is 22.6. The van der Waals surface area contributed by atoms with Crippen LogP contribution >= 0.6 is 31.9 Å². The monoisotopic (exact) mass is 698 g/mol. The lowest BCUT2D eigenvalue weighted by Crippen LogP contribution is -2.39. The summed E-state index contributed by atoms with van der Waals surface area (Å²) < 4.78 is 0.863. The van der Waals surface area contributed by atoms with Crippen LogP contribution < -0.4 is 10.2 Å². The Balaban J connectivity index is 1.26. The molecule has 0 saturated carbocycles. The molecule has 0 bridgehead atoms. The van der Waals surface area contributed by atoms with Gasteiger partial charge in [0.2, 0.25) is 11.8 Å². The number of hydrogen-bond donors (Lipinski definition) is 2. The molecule has 2 N–H and O–H groups in total.